The van der Waals surface area contributed by atoms with Crippen molar-refractivity contribution in [3.8, 4) is 5.75 Å². The number of hydrogen-bond acceptors (Lipinski definition) is 4. The van der Waals surface area contributed by atoms with Gasteiger partial charge >= 0.3 is 0 Å². The van der Waals surface area contributed by atoms with E-state index in [-0.39, 0.29) is 18.6 Å². The zero-order valence-corrected chi connectivity index (χ0v) is 17.1. The van der Waals surface area contributed by atoms with E-state index in [1.54, 1.807) is 6.21 Å². The Morgan fingerprint density at radius 3 is 2.82 bits per heavy atom. The molecule has 1 aromatic carbocycles. The molecule has 0 radical (unpaired) electrons. The monoisotopic (exact) mass is 383 g/mol. The smallest absolute Gasteiger partial charge is 0.277 e. The summed E-state index contributed by atoms with van der Waals surface area (Å²) >= 11 is 0. The number of aryl methyl sites for hydroxylation is 3. The molecule has 1 amide bonds. The fourth-order valence-electron chi connectivity index (χ4n) is 3.39. The Morgan fingerprint density at radius 2 is 2.11 bits per heavy atom. The molecule has 6 nitrogen and oxygen atoms in total. The van der Waals surface area contributed by atoms with E-state index in [0.717, 1.165) is 42.8 Å². The summed E-state index contributed by atoms with van der Waals surface area (Å²) in [4.78, 5) is 12.0. The summed E-state index contributed by atoms with van der Waals surface area (Å²) in [7, 11) is 0. The number of carbonyl (C=O) groups is 1. The van der Waals surface area contributed by atoms with Gasteiger partial charge in [0.1, 0.15) is 5.75 Å². The molecule has 1 N–H and O–H groups in total. The third-order valence-electron chi connectivity index (χ3n) is 5.26. The van der Waals surface area contributed by atoms with Crippen LogP contribution in [0.5, 0.6) is 5.75 Å². The Kier molecular flexibility index (Phi) is 6.52. The van der Waals surface area contributed by atoms with E-state index < -0.39 is 0 Å². The van der Waals surface area contributed by atoms with Crippen molar-refractivity contribution in [2.45, 2.75) is 53.2 Å². The molecular weight excluding hydrogens is 354 g/mol. The van der Waals surface area contributed by atoms with Crippen LogP contribution in [-0.4, -0.2) is 36.0 Å². The Balaban J connectivity index is 1.52. The third kappa shape index (κ3) is 5.01. The summed E-state index contributed by atoms with van der Waals surface area (Å²) in [5, 5.41) is 4.08. The number of nitrogens with zero attached hydrogens (tertiary/aromatic N) is 2. The van der Waals surface area contributed by atoms with Crippen molar-refractivity contribution in [3.05, 3.63) is 52.3 Å². The van der Waals surface area contributed by atoms with Crippen LogP contribution in [0, 0.1) is 27.7 Å². The quantitative estimate of drug-likeness (QED) is 0.588. The number of carbonyl (C=O) groups excluding carboxylic acids is 1. The number of ether oxygens (including phenoxy) is 2. The standard InChI is InChI=1S/C22H29N3O3/c1-15-7-8-20(10-16(15)2)28-14-22(26)24-23-12-19-11-17(3)25(18(19)4)13-21-6-5-9-27-21/h7-8,10-12,21H,5-6,9,13-14H2,1-4H3,(H,24,26)/b23-12-/t21-/m1/s1. The van der Waals surface area contributed by atoms with E-state index in [0.29, 0.717) is 5.75 Å². The predicted octanol–water partition coefficient (Wildman–Crippen LogP) is 3.43. The number of aromatic nitrogens is 1. The van der Waals surface area contributed by atoms with Crippen LogP contribution in [0.2, 0.25) is 0 Å². The first-order valence-electron chi connectivity index (χ1n) is 9.74. The first-order valence-corrected chi connectivity index (χ1v) is 9.74. The second-order valence-corrected chi connectivity index (χ2v) is 7.40. The highest BCUT2D eigenvalue weighted by Crippen LogP contribution is 2.19. The number of rotatable bonds is 7. The van der Waals surface area contributed by atoms with E-state index in [4.69, 9.17) is 9.47 Å². The van der Waals surface area contributed by atoms with Crippen molar-refractivity contribution in [3.63, 3.8) is 0 Å². The minimum absolute atomic E-state index is 0.0715. The normalized spacial score (nSPS) is 16.6. The van der Waals surface area contributed by atoms with Gasteiger partial charge in [0.25, 0.3) is 5.91 Å². The van der Waals surface area contributed by atoms with Gasteiger partial charge in [-0.25, -0.2) is 5.43 Å². The van der Waals surface area contributed by atoms with E-state index >= 15 is 0 Å². The topological polar surface area (TPSA) is 64.8 Å². The largest absolute Gasteiger partial charge is 0.484 e. The maximum atomic E-state index is 12.0. The lowest BCUT2D eigenvalue weighted by Crippen LogP contribution is -2.24. The Labute approximate surface area is 166 Å². The van der Waals surface area contributed by atoms with Gasteiger partial charge in [-0.05, 0) is 69.9 Å². The fourth-order valence-corrected chi connectivity index (χ4v) is 3.39. The molecule has 1 fully saturated rings. The van der Waals surface area contributed by atoms with Crippen molar-refractivity contribution in [1.29, 1.82) is 0 Å². The van der Waals surface area contributed by atoms with Crippen molar-refractivity contribution in [1.82, 2.24) is 9.99 Å². The number of hydrazone groups is 1. The molecule has 1 atom stereocenters. The highest BCUT2D eigenvalue weighted by molar-refractivity contribution is 5.84. The van der Waals surface area contributed by atoms with E-state index in [2.05, 4.69) is 35.0 Å². The third-order valence-corrected chi connectivity index (χ3v) is 5.26. The lowest BCUT2D eigenvalue weighted by Gasteiger charge is -2.14. The first-order chi connectivity index (χ1) is 13.4. The molecule has 3 rings (SSSR count). The fraction of sp³-hybridized carbons (Fsp3) is 0.455. The van der Waals surface area contributed by atoms with Crippen LogP contribution >= 0.6 is 0 Å². The van der Waals surface area contributed by atoms with Gasteiger partial charge in [-0.2, -0.15) is 5.10 Å². The maximum Gasteiger partial charge on any atom is 0.277 e. The van der Waals surface area contributed by atoms with Crippen LogP contribution in [0.15, 0.2) is 29.4 Å². The molecule has 0 unspecified atom stereocenters. The van der Waals surface area contributed by atoms with Crippen LogP contribution in [0.25, 0.3) is 0 Å². The van der Waals surface area contributed by atoms with Crippen molar-refractivity contribution >= 4 is 12.1 Å². The van der Waals surface area contributed by atoms with Gasteiger partial charge in [0, 0.05) is 30.1 Å². The first kappa shape index (κ1) is 20.1. The number of nitrogens with one attached hydrogen (secondary N) is 1. The summed E-state index contributed by atoms with van der Waals surface area (Å²) in [6, 6.07) is 7.84. The van der Waals surface area contributed by atoms with E-state index in [9.17, 15) is 4.79 Å². The van der Waals surface area contributed by atoms with Crippen LogP contribution in [0.1, 0.15) is 40.9 Å². The average molecular weight is 383 g/mol. The lowest BCUT2D eigenvalue weighted by atomic mass is 10.1. The molecule has 1 saturated heterocycles. The summed E-state index contributed by atoms with van der Waals surface area (Å²) in [5.41, 5.74) is 8.13. The number of hydrogen-bond donors (Lipinski definition) is 1. The van der Waals surface area contributed by atoms with Crippen LogP contribution in [0.3, 0.4) is 0 Å². The molecule has 0 aliphatic carbocycles. The minimum Gasteiger partial charge on any atom is -0.484 e. The van der Waals surface area contributed by atoms with Gasteiger partial charge in [-0.3, -0.25) is 4.79 Å². The van der Waals surface area contributed by atoms with Crippen molar-refractivity contribution in [2.24, 2.45) is 5.10 Å². The van der Waals surface area contributed by atoms with Gasteiger partial charge in [-0.15, -0.1) is 0 Å². The highest BCUT2D eigenvalue weighted by atomic mass is 16.5. The van der Waals surface area contributed by atoms with Gasteiger partial charge in [0.05, 0.1) is 12.3 Å². The molecule has 0 saturated carbocycles. The molecule has 1 aromatic heterocycles. The minimum atomic E-state index is -0.289. The molecule has 2 aromatic rings. The molecule has 28 heavy (non-hydrogen) atoms. The van der Waals surface area contributed by atoms with Gasteiger partial charge in [0.15, 0.2) is 6.61 Å². The molecule has 1 aliphatic rings. The molecule has 2 heterocycles. The zero-order chi connectivity index (χ0) is 20.1. The second-order valence-electron chi connectivity index (χ2n) is 7.40. The van der Waals surface area contributed by atoms with Gasteiger partial charge < -0.3 is 14.0 Å². The van der Waals surface area contributed by atoms with Crippen LogP contribution < -0.4 is 10.2 Å². The summed E-state index contributed by atoms with van der Waals surface area (Å²) in [6.07, 6.45) is 4.21. The van der Waals surface area contributed by atoms with Gasteiger partial charge in [0.2, 0.25) is 0 Å². The van der Waals surface area contributed by atoms with Crippen molar-refractivity contribution in [2.75, 3.05) is 13.2 Å². The Hall–Kier alpha value is -2.60. The second kappa shape index (κ2) is 9.06. The van der Waals surface area contributed by atoms with Gasteiger partial charge in [-0.1, -0.05) is 6.07 Å². The SMILES string of the molecule is Cc1ccc(OCC(=O)N/N=C\c2cc(C)n(C[C@H]3CCCO3)c2C)cc1C. The van der Waals surface area contributed by atoms with E-state index in [1.807, 2.05) is 32.0 Å². The summed E-state index contributed by atoms with van der Waals surface area (Å²) < 4.78 is 13.5. The predicted molar refractivity (Wildman–Crippen MR) is 110 cm³/mol. The molecule has 0 bridgehead atoms. The molecular formula is C22H29N3O3. The molecule has 150 valence electrons. The molecule has 1 aliphatic heterocycles. The molecule has 0 spiro atoms. The Bertz CT molecular complexity index is 864. The zero-order valence-electron chi connectivity index (χ0n) is 17.1. The van der Waals surface area contributed by atoms with E-state index in [1.165, 1.54) is 11.3 Å². The van der Waals surface area contributed by atoms with Crippen molar-refractivity contribution < 1.29 is 14.3 Å². The van der Waals surface area contributed by atoms with Crippen LogP contribution in [-0.2, 0) is 16.1 Å². The maximum absolute atomic E-state index is 12.0. The lowest BCUT2D eigenvalue weighted by molar-refractivity contribution is -0.123. The highest BCUT2D eigenvalue weighted by Gasteiger charge is 2.18. The summed E-state index contributed by atoms with van der Waals surface area (Å²) in [6.45, 7) is 9.84. The Morgan fingerprint density at radius 1 is 1.29 bits per heavy atom. The summed E-state index contributed by atoms with van der Waals surface area (Å²) in [5.74, 6) is 0.391. The average Bonchev–Trinajstić information content (AvgIpc) is 3.27. The molecule has 6 heteroatoms. The van der Waals surface area contributed by atoms with Crippen LogP contribution in [0.4, 0.5) is 0 Å². The number of amides is 1. The number of benzene rings is 1.